The van der Waals surface area contributed by atoms with Gasteiger partial charge in [0.15, 0.2) is 5.54 Å². The second-order valence-corrected chi connectivity index (χ2v) is 14.5. The highest BCUT2D eigenvalue weighted by Crippen LogP contribution is 2.42. The Morgan fingerprint density at radius 3 is 2.35 bits per heavy atom. The van der Waals surface area contributed by atoms with E-state index in [1.165, 1.54) is 0 Å². The van der Waals surface area contributed by atoms with Crippen LogP contribution in [0.3, 0.4) is 0 Å². The minimum Gasteiger partial charge on any atom is -0.457 e. The molecule has 4 rings (SSSR count). The van der Waals surface area contributed by atoms with Crippen LogP contribution in [-0.2, 0) is 23.6 Å². The van der Waals surface area contributed by atoms with Gasteiger partial charge in [0.1, 0.15) is 23.1 Å². The summed E-state index contributed by atoms with van der Waals surface area (Å²) in [5.41, 5.74) is 5.91. The smallest absolute Gasteiger partial charge is 0.457 e. The third-order valence-electron chi connectivity index (χ3n) is 9.27. The molecular weight excluding hydrogens is 619 g/mol. The largest absolute Gasteiger partial charge is 0.457 e. The van der Waals surface area contributed by atoms with Crippen LogP contribution in [0.4, 0.5) is 16.2 Å². The van der Waals surface area contributed by atoms with Crippen molar-refractivity contribution in [3.8, 4) is 0 Å². The Morgan fingerprint density at radius 1 is 1.10 bits per heavy atom. The third-order valence-corrected chi connectivity index (χ3v) is 9.27. The lowest BCUT2D eigenvalue weighted by Gasteiger charge is -2.32. The lowest BCUT2D eigenvalue weighted by atomic mass is 9.78. The number of nitrogens with one attached hydrogen (secondary N) is 2. The van der Waals surface area contributed by atoms with Gasteiger partial charge in [-0.15, -0.1) is 0 Å². The van der Waals surface area contributed by atoms with Gasteiger partial charge >= 0.3 is 19.2 Å². The molecule has 0 spiro atoms. The lowest BCUT2D eigenvalue weighted by molar-refractivity contribution is -0.156. The van der Waals surface area contributed by atoms with Crippen molar-refractivity contribution in [1.82, 2.24) is 5.32 Å². The van der Waals surface area contributed by atoms with Crippen molar-refractivity contribution in [3.05, 3.63) is 66.8 Å². The van der Waals surface area contributed by atoms with Crippen LogP contribution in [0.5, 0.6) is 0 Å². The van der Waals surface area contributed by atoms with E-state index in [9.17, 15) is 24.7 Å². The van der Waals surface area contributed by atoms with E-state index in [1.807, 2.05) is 58.0 Å². The molecule has 2 aliphatic rings. The first kappa shape index (κ1) is 36.8. The molecule has 2 aromatic carbocycles. The van der Waals surface area contributed by atoms with E-state index in [1.54, 1.807) is 32.6 Å². The first-order valence-corrected chi connectivity index (χ1v) is 16.4. The van der Waals surface area contributed by atoms with Gasteiger partial charge in [0.25, 0.3) is 10.9 Å². The summed E-state index contributed by atoms with van der Waals surface area (Å²) in [6.07, 6.45) is 0.270. The molecule has 1 amide bonds. The summed E-state index contributed by atoms with van der Waals surface area (Å²) in [6.45, 7) is 15.1. The summed E-state index contributed by atoms with van der Waals surface area (Å²) in [4.78, 5) is 56.3. The minimum atomic E-state index is -1.68. The molecule has 14 nitrogen and oxygen atoms in total. The average Bonchev–Trinajstić information content (AvgIpc) is 3.45. The second kappa shape index (κ2) is 14.2. The highest BCUT2D eigenvalue weighted by molar-refractivity contribution is 6.45. The van der Waals surface area contributed by atoms with Gasteiger partial charge in [-0.05, 0) is 79.2 Å². The Balaban J connectivity index is 1.54. The Morgan fingerprint density at radius 2 is 1.75 bits per heavy atom. The average molecular weight is 667 g/mol. The van der Waals surface area contributed by atoms with Crippen LogP contribution in [0.15, 0.2) is 45.0 Å². The van der Waals surface area contributed by atoms with E-state index in [-0.39, 0.29) is 37.6 Å². The van der Waals surface area contributed by atoms with Gasteiger partial charge in [0.05, 0.1) is 11.2 Å². The summed E-state index contributed by atoms with van der Waals surface area (Å²) in [5, 5.41) is 9.61. The molecule has 2 aliphatic heterocycles. The standard InChI is InChI=1S/C33H47BN6O8/c1-21(22-13-10-9-11-14-22)45-28(43)33(38-39-35)20-40(19-23(33)15-12-16-34-47-31(5,6)32(7,8)48-34)25-24(26(41)27(25)42)36-17-18-37-29(44)46-30(2,3)4/h9-11,13-14,21,23,36H,12,15-20H2,1-8H3,(H,37,44)/t21-,23+,33+/m1/s1. The van der Waals surface area contributed by atoms with Gasteiger partial charge in [0.2, 0.25) is 0 Å². The number of hydrogen-bond acceptors (Lipinski definition) is 11. The van der Waals surface area contributed by atoms with E-state index in [4.69, 9.17) is 18.8 Å². The minimum absolute atomic E-state index is 0.0738. The van der Waals surface area contributed by atoms with E-state index in [0.29, 0.717) is 19.2 Å². The number of alkyl carbamates (subject to hydrolysis) is 1. The first-order valence-electron chi connectivity index (χ1n) is 16.4. The molecule has 2 N–H and O–H groups in total. The monoisotopic (exact) mass is 666 g/mol. The highest BCUT2D eigenvalue weighted by atomic mass is 16.7. The number of carbonyl (C=O) groups excluding carboxylic acids is 2. The molecule has 260 valence electrons. The van der Waals surface area contributed by atoms with Crippen molar-refractivity contribution >= 4 is 30.6 Å². The topological polar surface area (TPSA) is 181 Å². The zero-order valence-corrected chi connectivity index (χ0v) is 29.1. The maximum absolute atomic E-state index is 14.0. The molecule has 48 heavy (non-hydrogen) atoms. The van der Waals surface area contributed by atoms with Crippen LogP contribution in [-0.4, -0.2) is 67.7 Å². The van der Waals surface area contributed by atoms with Crippen molar-refractivity contribution in [2.75, 3.05) is 36.4 Å². The molecule has 0 radical (unpaired) electrons. The fourth-order valence-corrected chi connectivity index (χ4v) is 6.05. The summed E-state index contributed by atoms with van der Waals surface area (Å²) in [6, 6.07) is 9.19. The number of benzene rings is 1. The molecule has 2 saturated heterocycles. The van der Waals surface area contributed by atoms with Crippen LogP contribution in [0.1, 0.15) is 79.9 Å². The van der Waals surface area contributed by atoms with Gasteiger partial charge in [-0.3, -0.25) is 14.4 Å². The number of ether oxygens (including phenoxy) is 2. The van der Waals surface area contributed by atoms with Crippen molar-refractivity contribution in [3.63, 3.8) is 0 Å². The number of anilines is 2. The first-order chi connectivity index (χ1) is 22.4. The number of azide groups is 1. The van der Waals surface area contributed by atoms with Crippen LogP contribution in [0, 0.1) is 5.92 Å². The molecule has 0 saturated carbocycles. The Hall–Kier alpha value is -4.07. The summed E-state index contributed by atoms with van der Waals surface area (Å²) >= 11 is 0. The van der Waals surface area contributed by atoms with Crippen LogP contribution in [0.25, 0.3) is 10.4 Å². The quantitative estimate of drug-likeness (QED) is 0.0569. The van der Waals surface area contributed by atoms with Gasteiger partial charge in [0, 0.05) is 37.0 Å². The van der Waals surface area contributed by atoms with Crippen molar-refractivity contribution in [1.29, 1.82) is 0 Å². The van der Waals surface area contributed by atoms with Crippen LogP contribution >= 0.6 is 0 Å². The number of nitrogens with zero attached hydrogens (tertiary/aromatic N) is 4. The molecule has 2 fully saturated rings. The predicted molar refractivity (Wildman–Crippen MR) is 183 cm³/mol. The Bertz CT molecular complexity index is 1580. The van der Waals surface area contributed by atoms with E-state index in [0.717, 1.165) is 5.56 Å². The zero-order chi connectivity index (χ0) is 35.5. The predicted octanol–water partition coefficient (Wildman–Crippen LogP) is 4.88. The molecule has 0 aromatic heterocycles. The molecule has 15 heteroatoms. The Labute approximate surface area is 281 Å². The summed E-state index contributed by atoms with van der Waals surface area (Å²) in [5.74, 6) is -1.27. The zero-order valence-electron chi connectivity index (χ0n) is 29.1. The normalized spacial score (nSPS) is 22.2. The van der Waals surface area contributed by atoms with E-state index < -0.39 is 64.4 Å². The molecule has 2 aromatic rings. The molecule has 0 unspecified atom stereocenters. The summed E-state index contributed by atoms with van der Waals surface area (Å²) in [7, 11) is -0.454. The van der Waals surface area contributed by atoms with Crippen LogP contribution in [0.2, 0.25) is 6.32 Å². The maximum Gasteiger partial charge on any atom is 0.457 e. The number of esters is 1. The molecule has 0 bridgehead atoms. The van der Waals surface area contributed by atoms with Gasteiger partial charge in [-0.1, -0.05) is 41.9 Å². The number of amides is 1. The molecule has 3 atom stereocenters. The second-order valence-electron chi connectivity index (χ2n) is 14.5. The highest BCUT2D eigenvalue weighted by Gasteiger charge is 2.55. The SMILES string of the molecule is C[C@@H](OC(=O)[C@]1(N=[N+]=[N-])CN(c2c(NCCNC(=O)OC(C)(C)C)c(=O)c2=O)C[C@@H]1CCCB1OC(C)(C)C(C)(C)O1)c1ccccc1. The molecule has 0 aliphatic carbocycles. The van der Waals surface area contributed by atoms with Gasteiger partial charge in [-0.25, -0.2) is 4.79 Å². The van der Waals surface area contributed by atoms with E-state index >= 15 is 0 Å². The number of hydrogen-bond donors (Lipinski definition) is 2. The van der Waals surface area contributed by atoms with Gasteiger partial charge in [-0.2, -0.15) is 0 Å². The van der Waals surface area contributed by atoms with Gasteiger partial charge < -0.3 is 34.3 Å². The third kappa shape index (κ3) is 7.96. The number of rotatable bonds is 13. The maximum atomic E-state index is 14.0. The van der Waals surface area contributed by atoms with Crippen molar-refractivity contribution < 1.29 is 28.4 Å². The fourth-order valence-electron chi connectivity index (χ4n) is 6.05. The van der Waals surface area contributed by atoms with E-state index in [2.05, 4.69) is 20.7 Å². The fraction of sp³-hybridized carbons (Fsp3) is 0.636. The lowest BCUT2D eigenvalue weighted by Crippen LogP contribution is -2.47. The van der Waals surface area contributed by atoms with Crippen molar-refractivity contribution in [2.24, 2.45) is 11.0 Å². The number of carbonyl (C=O) groups is 2. The molecular formula is C33H47BN6O8. The summed E-state index contributed by atoms with van der Waals surface area (Å²) < 4.78 is 23.4. The van der Waals surface area contributed by atoms with Crippen LogP contribution < -0.4 is 26.4 Å². The van der Waals surface area contributed by atoms with Crippen molar-refractivity contribution in [2.45, 2.75) is 103 Å². The molecule has 2 heterocycles. The Kier molecular flexibility index (Phi) is 10.9.